The van der Waals surface area contributed by atoms with E-state index in [1.807, 2.05) is 6.08 Å². The van der Waals surface area contributed by atoms with Gasteiger partial charge in [-0.05, 0) is 51.9 Å². The number of hydrogen-bond donors (Lipinski definition) is 4. The molecule has 0 bridgehead atoms. The van der Waals surface area contributed by atoms with Gasteiger partial charge in [0.2, 0.25) is 0 Å². The SMILES string of the molecule is CCNCCCC(N)(/C=C\CN)CCCNCC. The molecule has 0 saturated heterocycles. The van der Waals surface area contributed by atoms with Crippen LogP contribution in [0.1, 0.15) is 39.5 Å². The normalized spacial score (nSPS) is 12.4. The van der Waals surface area contributed by atoms with Crippen LogP contribution in [0.3, 0.4) is 0 Å². The van der Waals surface area contributed by atoms with Crippen LogP contribution in [0, 0.1) is 0 Å². The monoisotopic (exact) mass is 256 g/mol. The van der Waals surface area contributed by atoms with Crippen molar-refractivity contribution in [1.82, 2.24) is 10.6 Å². The molecule has 0 aromatic carbocycles. The molecule has 0 aliphatic rings. The van der Waals surface area contributed by atoms with E-state index in [9.17, 15) is 0 Å². The molecule has 0 saturated carbocycles. The Morgan fingerprint density at radius 1 is 1.00 bits per heavy atom. The highest BCUT2D eigenvalue weighted by Gasteiger charge is 2.20. The fourth-order valence-electron chi connectivity index (χ4n) is 2.03. The Balaban J connectivity index is 4.03. The lowest BCUT2D eigenvalue weighted by molar-refractivity contribution is 0.413. The summed E-state index contributed by atoms with van der Waals surface area (Å²) in [7, 11) is 0. The standard InChI is InChI=1S/C14H32N4/c1-3-17-12-6-9-14(16,8-5-11-15)10-7-13-18-4-2/h5,8,17-18H,3-4,6-7,9-13,15-16H2,1-2H3/b8-5-. The van der Waals surface area contributed by atoms with Gasteiger partial charge in [-0.1, -0.05) is 26.0 Å². The highest BCUT2D eigenvalue weighted by Crippen LogP contribution is 2.18. The van der Waals surface area contributed by atoms with Gasteiger partial charge >= 0.3 is 0 Å². The molecule has 4 nitrogen and oxygen atoms in total. The summed E-state index contributed by atoms with van der Waals surface area (Å²) in [6.07, 6.45) is 8.34. The molecule has 0 fully saturated rings. The minimum Gasteiger partial charge on any atom is -0.327 e. The molecule has 0 aliphatic heterocycles. The molecule has 0 rings (SSSR count). The van der Waals surface area contributed by atoms with E-state index in [2.05, 4.69) is 30.6 Å². The minimum absolute atomic E-state index is 0.190. The van der Waals surface area contributed by atoms with Gasteiger partial charge in [-0.25, -0.2) is 0 Å². The van der Waals surface area contributed by atoms with Crippen LogP contribution < -0.4 is 22.1 Å². The van der Waals surface area contributed by atoms with Crippen LogP contribution in [0.5, 0.6) is 0 Å². The second kappa shape index (κ2) is 11.7. The van der Waals surface area contributed by atoms with Crippen molar-refractivity contribution in [2.45, 2.75) is 45.1 Å². The zero-order valence-electron chi connectivity index (χ0n) is 12.2. The maximum atomic E-state index is 6.45. The molecule has 0 atom stereocenters. The molecule has 6 N–H and O–H groups in total. The molecular formula is C14H32N4. The Kier molecular flexibility index (Phi) is 11.4. The molecule has 0 amide bonds. The predicted octanol–water partition coefficient (Wildman–Crippen LogP) is 0.978. The molecule has 0 aromatic rings. The first-order chi connectivity index (χ1) is 8.68. The molecule has 0 heterocycles. The third-order valence-electron chi connectivity index (χ3n) is 3.08. The number of hydrogen-bond acceptors (Lipinski definition) is 4. The highest BCUT2D eigenvalue weighted by molar-refractivity contribution is 5.05. The minimum atomic E-state index is -0.190. The van der Waals surface area contributed by atoms with Gasteiger partial charge in [0.1, 0.15) is 0 Å². The van der Waals surface area contributed by atoms with E-state index >= 15 is 0 Å². The summed E-state index contributed by atoms with van der Waals surface area (Å²) in [4.78, 5) is 0. The van der Waals surface area contributed by atoms with Crippen molar-refractivity contribution in [3.8, 4) is 0 Å². The van der Waals surface area contributed by atoms with Crippen LogP contribution in [-0.2, 0) is 0 Å². The summed E-state index contributed by atoms with van der Waals surface area (Å²) in [5, 5.41) is 6.67. The largest absolute Gasteiger partial charge is 0.327 e. The van der Waals surface area contributed by atoms with E-state index in [1.165, 1.54) is 0 Å². The lowest BCUT2D eigenvalue weighted by Crippen LogP contribution is -2.39. The maximum Gasteiger partial charge on any atom is 0.0340 e. The molecule has 108 valence electrons. The third kappa shape index (κ3) is 9.59. The van der Waals surface area contributed by atoms with Crippen molar-refractivity contribution in [2.24, 2.45) is 11.5 Å². The maximum absolute atomic E-state index is 6.45. The van der Waals surface area contributed by atoms with Crippen molar-refractivity contribution < 1.29 is 0 Å². The number of rotatable bonds is 12. The predicted molar refractivity (Wildman–Crippen MR) is 80.7 cm³/mol. The average Bonchev–Trinajstić information content (AvgIpc) is 2.38. The molecule has 0 aromatic heterocycles. The summed E-state index contributed by atoms with van der Waals surface area (Å²) >= 11 is 0. The lowest BCUT2D eigenvalue weighted by atomic mass is 9.88. The van der Waals surface area contributed by atoms with Gasteiger partial charge in [0, 0.05) is 12.1 Å². The van der Waals surface area contributed by atoms with Gasteiger partial charge < -0.3 is 22.1 Å². The van der Waals surface area contributed by atoms with E-state index in [4.69, 9.17) is 11.5 Å². The van der Waals surface area contributed by atoms with Gasteiger partial charge in [-0.3, -0.25) is 0 Å². The second-order valence-corrected chi connectivity index (χ2v) is 4.79. The summed E-state index contributed by atoms with van der Waals surface area (Å²) in [5.41, 5.74) is 11.8. The van der Waals surface area contributed by atoms with Crippen LogP contribution in [0.15, 0.2) is 12.2 Å². The Labute approximate surface area is 113 Å². The van der Waals surface area contributed by atoms with Crippen LogP contribution >= 0.6 is 0 Å². The first kappa shape index (κ1) is 17.6. The average molecular weight is 256 g/mol. The smallest absolute Gasteiger partial charge is 0.0340 e. The summed E-state index contributed by atoms with van der Waals surface area (Å²) < 4.78 is 0. The van der Waals surface area contributed by atoms with Crippen molar-refractivity contribution in [3.05, 3.63) is 12.2 Å². The zero-order valence-corrected chi connectivity index (χ0v) is 12.2. The Hall–Kier alpha value is -0.420. The van der Waals surface area contributed by atoms with Gasteiger partial charge in [0.05, 0.1) is 0 Å². The molecule has 18 heavy (non-hydrogen) atoms. The van der Waals surface area contributed by atoms with E-state index in [-0.39, 0.29) is 5.54 Å². The fraction of sp³-hybridized carbons (Fsp3) is 0.857. The number of nitrogens with two attached hydrogens (primary N) is 2. The number of nitrogens with one attached hydrogen (secondary N) is 2. The summed E-state index contributed by atoms with van der Waals surface area (Å²) in [5.74, 6) is 0. The van der Waals surface area contributed by atoms with Crippen molar-refractivity contribution in [2.75, 3.05) is 32.7 Å². The third-order valence-corrected chi connectivity index (χ3v) is 3.08. The van der Waals surface area contributed by atoms with E-state index in [0.717, 1.165) is 51.9 Å². The highest BCUT2D eigenvalue weighted by atomic mass is 14.8. The Morgan fingerprint density at radius 2 is 1.50 bits per heavy atom. The van der Waals surface area contributed by atoms with Crippen molar-refractivity contribution in [1.29, 1.82) is 0 Å². The van der Waals surface area contributed by atoms with Gasteiger partial charge in [0.25, 0.3) is 0 Å². The Bertz CT molecular complexity index is 192. The van der Waals surface area contributed by atoms with Crippen molar-refractivity contribution in [3.63, 3.8) is 0 Å². The van der Waals surface area contributed by atoms with E-state index in [1.54, 1.807) is 0 Å². The fourth-order valence-corrected chi connectivity index (χ4v) is 2.03. The van der Waals surface area contributed by atoms with Crippen LogP contribution in [0.4, 0.5) is 0 Å². The van der Waals surface area contributed by atoms with Gasteiger partial charge in [-0.15, -0.1) is 0 Å². The van der Waals surface area contributed by atoms with Crippen LogP contribution in [0.25, 0.3) is 0 Å². The summed E-state index contributed by atoms with van der Waals surface area (Å²) in [6.45, 7) is 8.95. The molecular weight excluding hydrogens is 224 g/mol. The zero-order chi connectivity index (χ0) is 13.7. The summed E-state index contributed by atoms with van der Waals surface area (Å²) in [6, 6.07) is 0. The second-order valence-electron chi connectivity index (χ2n) is 4.79. The molecule has 0 radical (unpaired) electrons. The Morgan fingerprint density at radius 3 is 1.89 bits per heavy atom. The van der Waals surface area contributed by atoms with Gasteiger partial charge in [0.15, 0.2) is 0 Å². The molecule has 0 spiro atoms. The quantitative estimate of drug-likeness (QED) is 0.310. The first-order valence-corrected chi connectivity index (χ1v) is 7.26. The van der Waals surface area contributed by atoms with Crippen LogP contribution in [-0.4, -0.2) is 38.3 Å². The lowest BCUT2D eigenvalue weighted by Gasteiger charge is -2.26. The first-order valence-electron chi connectivity index (χ1n) is 7.26. The van der Waals surface area contributed by atoms with Crippen LogP contribution in [0.2, 0.25) is 0 Å². The molecule has 0 unspecified atom stereocenters. The van der Waals surface area contributed by atoms with E-state index in [0.29, 0.717) is 6.54 Å². The molecule has 0 aliphatic carbocycles. The molecule has 4 heteroatoms. The van der Waals surface area contributed by atoms with E-state index < -0.39 is 0 Å². The van der Waals surface area contributed by atoms with Crippen molar-refractivity contribution >= 4 is 0 Å². The van der Waals surface area contributed by atoms with Gasteiger partial charge in [-0.2, -0.15) is 0 Å². The topological polar surface area (TPSA) is 76.1 Å².